The first-order valence-electron chi connectivity index (χ1n) is 7.34. The molecule has 0 fully saturated rings. The van der Waals surface area contributed by atoms with Gasteiger partial charge in [-0.25, -0.2) is 0 Å². The molecule has 0 radical (unpaired) electrons. The van der Waals surface area contributed by atoms with E-state index >= 15 is 0 Å². The highest BCUT2D eigenvalue weighted by Crippen LogP contribution is 2.29. The Balaban J connectivity index is 1.90. The number of hydrogen-bond donors (Lipinski definition) is 1. The molecule has 0 unspecified atom stereocenters. The van der Waals surface area contributed by atoms with E-state index in [2.05, 4.69) is 5.32 Å². The summed E-state index contributed by atoms with van der Waals surface area (Å²) < 4.78 is 37.9. The van der Waals surface area contributed by atoms with Crippen molar-refractivity contribution in [1.29, 1.82) is 0 Å². The Labute approximate surface area is 133 Å². The highest BCUT2D eigenvalue weighted by atomic mass is 19.4. The average molecular weight is 321 g/mol. The third kappa shape index (κ3) is 5.13. The van der Waals surface area contributed by atoms with Crippen molar-refractivity contribution in [2.45, 2.75) is 25.4 Å². The second-order valence-corrected chi connectivity index (χ2v) is 5.49. The van der Waals surface area contributed by atoms with Crippen molar-refractivity contribution in [2.75, 3.05) is 6.54 Å². The van der Waals surface area contributed by atoms with Gasteiger partial charge in [-0.15, -0.1) is 0 Å². The van der Waals surface area contributed by atoms with Crippen LogP contribution in [-0.2, 0) is 17.4 Å². The first kappa shape index (κ1) is 17.1. The van der Waals surface area contributed by atoms with Crippen LogP contribution in [0, 0.1) is 0 Å². The highest BCUT2D eigenvalue weighted by molar-refractivity contribution is 5.78. The molecule has 122 valence electrons. The maximum absolute atomic E-state index is 12.6. The van der Waals surface area contributed by atoms with Crippen LogP contribution in [-0.4, -0.2) is 12.5 Å². The van der Waals surface area contributed by atoms with E-state index in [1.807, 2.05) is 37.3 Å². The number of carbonyl (C=O) groups is 1. The molecule has 1 N–H and O–H groups in total. The molecule has 0 aliphatic rings. The van der Waals surface area contributed by atoms with Gasteiger partial charge in [0.2, 0.25) is 5.91 Å². The number of hydrogen-bond acceptors (Lipinski definition) is 1. The van der Waals surface area contributed by atoms with Crippen molar-refractivity contribution >= 4 is 5.91 Å². The van der Waals surface area contributed by atoms with Gasteiger partial charge in [-0.2, -0.15) is 13.2 Å². The zero-order chi connectivity index (χ0) is 16.9. The predicted octanol–water partition coefficient (Wildman–Crippen LogP) is 4.17. The minimum atomic E-state index is -4.39. The van der Waals surface area contributed by atoms with Gasteiger partial charge >= 0.3 is 6.18 Å². The van der Waals surface area contributed by atoms with Crippen LogP contribution in [0.4, 0.5) is 13.2 Å². The number of carbonyl (C=O) groups excluding carboxylic acids is 1. The monoisotopic (exact) mass is 321 g/mol. The van der Waals surface area contributed by atoms with Crippen LogP contribution in [0.1, 0.15) is 29.5 Å². The second kappa shape index (κ2) is 7.31. The Morgan fingerprint density at radius 1 is 1.09 bits per heavy atom. The Morgan fingerprint density at radius 2 is 1.78 bits per heavy atom. The van der Waals surface area contributed by atoms with Gasteiger partial charge in [-0.05, 0) is 23.1 Å². The van der Waals surface area contributed by atoms with Gasteiger partial charge in [0.1, 0.15) is 0 Å². The van der Waals surface area contributed by atoms with Crippen LogP contribution in [0.15, 0.2) is 54.6 Å². The normalized spacial score (nSPS) is 12.7. The summed E-state index contributed by atoms with van der Waals surface area (Å²) in [6.07, 6.45) is -4.46. The maximum atomic E-state index is 12.6. The number of benzene rings is 2. The molecule has 23 heavy (non-hydrogen) atoms. The lowest BCUT2D eigenvalue weighted by atomic mass is 10.0. The SMILES string of the molecule is C[C@H](CNC(=O)Cc1cccc(C(F)(F)F)c1)c1ccccc1. The quantitative estimate of drug-likeness (QED) is 0.880. The van der Waals surface area contributed by atoms with E-state index in [0.717, 1.165) is 17.7 Å². The minimum Gasteiger partial charge on any atom is -0.355 e. The smallest absolute Gasteiger partial charge is 0.355 e. The van der Waals surface area contributed by atoms with Crippen molar-refractivity contribution < 1.29 is 18.0 Å². The second-order valence-electron chi connectivity index (χ2n) is 5.49. The predicted molar refractivity (Wildman–Crippen MR) is 83.0 cm³/mol. The molecule has 2 rings (SSSR count). The number of alkyl halides is 3. The van der Waals surface area contributed by atoms with Gasteiger partial charge in [-0.1, -0.05) is 55.5 Å². The fraction of sp³-hybridized carbons (Fsp3) is 0.278. The third-order valence-corrected chi connectivity index (χ3v) is 3.59. The van der Waals surface area contributed by atoms with E-state index in [0.29, 0.717) is 12.1 Å². The molecule has 0 saturated heterocycles. The lowest BCUT2D eigenvalue weighted by Crippen LogP contribution is -2.29. The number of rotatable bonds is 5. The van der Waals surface area contributed by atoms with Gasteiger partial charge in [-0.3, -0.25) is 4.79 Å². The van der Waals surface area contributed by atoms with Crippen molar-refractivity contribution in [3.63, 3.8) is 0 Å². The van der Waals surface area contributed by atoms with E-state index in [-0.39, 0.29) is 18.2 Å². The number of amides is 1. The standard InChI is InChI=1S/C18H18F3NO/c1-13(15-7-3-2-4-8-15)12-22-17(23)11-14-6-5-9-16(10-14)18(19,20)21/h2-10,13H,11-12H2,1H3,(H,22,23)/t13-/m1/s1. The summed E-state index contributed by atoms with van der Waals surface area (Å²) >= 11 is 0. The van der Waals surface area contributed by atoms with E-state index in [1.54, 1.807) is 0 Å². The van der Waals surface area contributed by atoms with E-state index in [4.69, 9.17) is 0 Å². The molecular weight excluding hydrogens is 303 g/mol. The Morgan fingerprint density at radius 3 is 2.43 bits per heavy atom. The van der Waals surface area contributed by atoms with Crippen LogP contribution < -0.4 is 5.32 Å². The summed E-state index contributed by atoms with van der Waals surface area (Å²) in [7, 11) is 0. The topological polar surface area (TPSA) is 29.1 Å². The van der Waals surface area contributed by atoms with Crippen LogP contribution in [0.5, 0.6) is 0 Å². The van der Waals surface area contributed by atoms with Crippen molar-refractivity contribution in [3.8, 4) is 0 Å². The number of halogens is 3. The first-order valence-corrected chi connectivity index (χ1v) is 7.34. The molecule has 0 heterocycles. The fourth-order valence-corrected chi connectivity index (χ4v) is 2.27. The van der Waals surface area contributed by atoms with Crippen molar-refractivity contribution in [2.24, 2.45) is 0 Å². The van der Waals surface area contributed by atoms with Gasteiger partial charge in [0, 0.05) is 6.54 Å². The lowest BCUT2D eigenvalue weighted by Gasteiger charge is -2.13. The molecule has 2 aromatic rings. The summed E-state index contributed by atoms with van der Waals surface area (Å²) in [5.74, 6) is -0.145. The zero-order valence-corrected chi connectivity index (χ0v) is 12.7. The summed E-state index contributed by atoms with van der Waals surface area (Å²) in [4.78, 5) is 11.9. The molecule has 1 atom stereocenters. The van der Waals surface area contributed by atoms with E-state index < -0.39 is 11.7 Å². The molecule has 0 aliphatic carbocycles. The van der Waals surface area contributed by atoms with Crippen LogP contribution in [0.2, 0.25) is 0 Å². The molecule has 1 amide bonds. The van der Waals surface area contributed by atoms with Crippen LogP contribution in [0.25, 0.3) is 0 Å². The Kier molecular flexibility index (Phi) is 5.42. The van der Waals surface area contributed by atoms with Crippen LogP contribution in [0.3, 0.4) is 0 Å². The zero-order valence-electron chi connectivity index (χ0n) is 12.7. The number of nitrogens with one attached hydrogen (secondary N) is 1. The molecular formula is C18H18F3NO. The molecule has 2 nitrogen and oxygen atoms in total. The maximum Gasteiger partial charge on any atom is 0.416 e. The van der Waals surface area contributed by atoms with Gasteiger partial charge in [0.25, 0.3) is 0 Å². The largest absolute Gasteiger partial charge is 0.416 e. The Hall–Kier alpha value is -2.30. The summed E-state index contributed by atoms with van der Waals surface area (Å²) in [6.45, 7) is 2.43. The molecule has 5 heteroatoms. The molecule has 0 bridgehead atoms. The lowest BCUT2D eigenvalue weighted by molar-refractivity contribution is -0.137. The molecule has 0 saturated carbocycles. The van der Waals surface area contributed by atoms with Crippen molar-refractivity contribution in [1.82, 2.24) is 5.32 Å². The highest BCUT2D eigenvalue weighted by Gasteiger charge is 2.30. The van der Waals surface area contributed by atoms with Gasteiger partial charge < -0.3 is 5.32 Å². The minimum absolute atomic E-state index is 0.0641. The molecule has 0 spiro atoms. The first-order chi connectivity index (χ1) is 10.9. The molecule has 0 aromatic heterocycles. The van der Waals surface area contributed by atoms with Crippen molar-refractivity contribution in [3.05, 3.63) is 71.3 Å². The average Bonchev–Trinajstić information content (AvgIpc) is 2.53. The van der Waals surface area contributed by atoms with Gasteiger partial charge in [0.05, 0.1) is 12.0 Å². The summed E-state index contributed by atoms with van der Waals surface area (Å²) in [6, 6.07) is 14.6. The van der Waals surface area contributed by atoms with E-state index in [1.165, 1.54) is 12.1 Å². The fourth-order valence-electron chi connectivity index (χ4n) is 2.27. The van der Waals surface area contributed by atoms with Gasteiger partial charge in [0.15, 0.2) is 0 Å². The Bertz CT molecular complexity index is 653. The third-order valence-electron chi connectivity index (χ3n) is 3.59. The van der Waals surface area contributed by atoms with Crippen LogP contribution >= 0.6 is 0 Å². The summed E-state index contributed by atoms with van der Waals surface area (Å²) in [5.41, 5.74) is 0.719. The molecule has 0 aliphatic heterocycles. The molecule has 2 aromatic carbocycles. The van der Waals surface area contributed by atoms with E-state index in [9.17, 15) is 18.0 Å². The summed E-state index contributed by atoms with van der Waals surface area (Å²) in [5, 5.41) is 2.77.